The lowest BCUT2D eigenvalue weighted by molar-refractivity contribution is -0.143. The van der Waals surface area contributed by atoms with Crippen LogP contribution in [-0.4, -0.2) is 17.2 Å². The quantitative estimate of drug-likeness (QED) is 0.664. The zero-order valence-corrected chi connectivity index (χ0v) is 13.5. The van der Waals surface area contributed by atoms with Crippen molar-refractivity contribution in [2.45, 2.75) is 39.8 Å². The molecule has 2 rings (SSSR count). The molecule has 0 spiro atoms. The van der Waals surface area contributed by atoms with Gasteiger partial charge in [0.05, 0.1) is 17.7 Å². The Hall–Kier alpha value is -1.88. The van der Waals surface area contributed by atoms with Crippen molar-refractivity contribution in [1.29, 1.82) is 0 Å². The maximum Gasteiger partial charge on any atom is 0.338 e. The van der Waals surface area contributed by atoms with Crippen LogP contribution in [-0.2, 0) is 9.53 Å². The molecule has 1 atom stereocenters. The summed E-state index contributed by atoms with van der Waals surface area (Å²) in [5.41, 5.74) is 3.46. The Morgan fingerprint density at radius 3 is 2.43 bits per heavy atom. The van der Waals surface area contributed by atoms with Gasteiger partial charge in [0.1, 0.15) is 0 Å². The minimum atomic E-state index is -0.324. The second-order valence-electron chi connectivity index (χ2n) is 5.43. The van der Waals surface area contributed by atoms with Crippen molar-refractivity contribution in [2.75, 3.05) is 0 Å². The zero-order valence-electron chi connectivity index (χ0n) is 12.7. The van der Waals surface area contributed by atoms with E-state index in [2.05, 4.69) is 10.6 Å². The highest BCUT2D eigenvalue weighted by atomic mass is 32.1. The highest BCUT2D eigenvalue weighted by molar-refractivity contribution is 7.80. The Bertz CT molecular complexity index is 591. The van der Waals surface area contributed by atoms with E-state index in [4.69, 9.17) is 17.0 Å². The van der Waals surface area contributed by atoms with Gasteiger partial charge in [-0.25, -0.2) is 4.79 Å². The van der Waals surface area contributed by atoms with Crippen molar-refractivity contribution >= 4 is 23.3 Å². The van der Waals surface area contributed by atoms with Crippen molar-refractivity contribution in [2.24, 2.45) is 0 Å². The number of hydrogen-bond donors (Lipinski definition) is 2. The van der Waals surface area contributed by atoms with Gasteiger partial charge in [-0.3, -0.25) is 0 Å². The van der Waals surface area contributed by atoms with Gasteiger partial charge < -0.3 is 15.4 Å². The number of thiocarbonyl (C=S) groups is 1. The Morgan fingerprint density at radius 1 is 1.24 bits per heavy atom. The third kappa shape index (κ3) is 3.61. The molecule has 0 fully saturated rings. The van der Waals surface area contributed by atoms with Crippen LogP contribution in [0.2, 0.25) is 0 Å². The highest BCUT2D eigenvalue weighted by Crippen LogP contribution is 2.28. The van der Waals surface area contributed by atoms with E-state index in [-0.39, 0.29) is 18.1 Å². The average molecular weight is 304 g/mol. The maximum atomic E-state index is 12.4. The highest BCUT2D eigenvalue weighted by Gasteiger charge is 2.31. The third-order valence-electron chi connectivity index (χ3n) is 3.24. The predicted octanol–water partition coefficient (Wildman–Crippen LogP) is 2.74. The fourth-order valence-corrected chi connectivity index (χ4v) is 2.52. The van der Waals surface area contributed by atoms with E-state index >= 15 is 0 Å². The number of benzene rings is 1. The summed E-state index contributed by atoms with van der Waals surface area (Å²) in [5, 5.41) is 6.66. The van der Waals surface area contributed by atoms with Crippen LogP contribution in [0.4, 0.5) is 0 Å². The lowest BCUT2D eigenvalue weighted by Crippen LogP contribution is -2.45. The molecule has 0 saturated carbocycles. The molecule has 0 aliphatic carbocycles. The fourth-order valence-electron chi connectivity index (χ4n) is 2.25. The summed E-state index contributed by atoms with van der Waals surface area (Å²) < 4.78 is 5.35. The predicted molar refractivity (Wildman–Crippen MR) is 86.7 cm³/mol. The molecule has 1 aromatic carbocycles. The minimum absolute atomic E-state index is 0.162. The molecule has 5 heteroatoms. The molecule has 0 saturated heterocycles. The molecule has 2 N–H and O–H groups in total. The van der Waals surface area contributed by atoms with Crippen molar-refractivity contribution in [1.82, 2.24) is 10.6 Å². The molecule has 0 aromatic heterocycles. The van der Waals surface area contributed by atoms with Gasteiger partial charge >= 0.3 is 5.97 Å². The molecule has 21 heavy (non-hydrogen) atoms. The molecular formula is C16H20N2O2S. The lowest BCUT2D eigenvalue weighted by Gasteiger charge is -2.30. The first kappa shape index (κ1) is 15.5. The zero-order chi connectivity index (χ0) is 15.6. The van der Waals surface area contributed by atoms with E-state index in [0.29, 0.717) is 10.7 Å². The van der Waals surface area contributed by atoms with Crippen LogP contribution in [0.1, 0.15) is 37.9 Å². The fraction of sp³-hybridized carbons (Fsp3) is 0.375. The van der Waals surface area contributed by atoms with Crippen LogP contribution in [0.25, 0.3) is 0 Å². The van der Waals surface area contributed by atoms with Gasteiger partial charge in [-0.15, -0.1) is 0 Å². The van der Waals surface area contributed by atoms with Gasteiger partial charge in [-0.2, -0.15) is 0 Å². The average Bonchev–Trinajstić information content (AvgIpc) is 2.37. The summed E-state index contributed by atoms with van der Waals surface area (Å²) in [5.74, 6) is -0.324. The first-order valence-electron chi connectivity index (χ1n) is 6.94. The number of aryl methyl sites for hydroxylation is 1. The Morgan fingerprint density at radius 2 is 1.86 bits per heavy atom. The normalized spacial score (nSPS) is 18.3. The standard InChI is InChI=1S/C16H20N2O2S/c1-9(2)20-15(19)13-11(4)17-16(21)18-14(13)12-7-5-10(3)6-8-12/h5-9,14H,1-4H3,(H2,17,18,21)/t14-/m1/s1. The molecule has 1 heterocycles. The Labute approximate surface area is 130 Å². The van der Waals surface area contributed by atoms with Crippen molar-refractivity contribution in [3.8, 4) is 0 Å². The SMILES string of the molecule is CC1=C(C(=O)OC(C)C)[C@@H](c2ccc(C)cc2)NC(=S)N1. The molecular weight excluding hydrogens is 284 g/mol. The van der Waals surface area contributed by atoms with Gasteiger partial charge in [-0.05, 0) is 45.5 Å². The van der Waals surface area contributed by atoms with Crippen molar-refractivity contribution < 1.29 is 9.53 Å². The molecule has 112 valence electrons. The number of ether oxygens (including phenoxy) is 1. The molecule has 0 amide bonds. The van der Waals surface area contributed by atoms with E-state index in [0.717, 1.165) is 11.3 Å². The van der Waals surface area contributed by atoms with Crippen molar-refractivity contribution in [3.63, 3.8) is 0 Å². The van der Waals surface area contributed by atoms with Crippen LogP contribution < -0.4 is 10.6 Å². The molecule has 0 radical (unpaired) electrons. The number of carbonyl (C=O) groups is 1. The topological polar surface area (TPSA) is 50.4 Å². The Balaban J connectivity index is 2.40. The van der Waals surface area contributed by atoms with Crippen LogP contribution in [0.5, 0.6) is 0 Å². The van der Waals surface area contributed by atoms with E-state index < -0.39 is 0 Å². The van der Waals surface area contributed by atoms with Gasteiger partial charge in [0.25, 0.3) is 0 Å². The number of allylic oxidation sites excluding steroid dienone is 1. The monoisotopic (exact) mass is 304 g/mol. The largest absolute Gasteiger partial charge is 0.459 e. The molecule has 0 unspecified atom stereocenters. The first-order valence-corrected chi connectivity index (χ1v) is 7.35. The number of carbonyl (C=O) groups excluding carboxylic acids is 1. The second kappa shape index (κ2) is 6.26. The summed E-state index contributed by atoms with van der Waals surface area (Å²) >= 11 is 5.20. The number of nitrogens with one attached hydrogen (secondary N) is 2. The maximum absolute atomic E-state index is 12.4. The number of rotatable bonds is 3. The van der Waals surface area contributed by atoms with Gasteiger partial charge in [0.2, 0.25) is 0 Å². The van der Waals surface area contributed by atoms with Gasteiger partial charge in [-0.1, -0.05) is 29.8 Å². The summed E-state index contributed by atoms with van der Waals surface area (Å²) in [6, 6.07) is 7.74. The third-order valence-corrected chi connectivity index (χ3v) is 3.46. The van der Waals surface area contributed by atoms with E-state index in [1.54, 1.807) is 0 Å². The van der Waals surface area contributed by atoms with E-state index in [9.17, 15) is 4.79 Å². The summed E-state index contributed by atoms with van der Waals surface area (Å²) in [6.45, 7) is 7.54. The van der Waals surface area contributed by atoms with Gasteiger partial charge in [0.15, 0.2) is 5.11 Å². The van der Waals surface area contributed by atoms with Crippen LogP contribution in [0, 0.1) is 6.92 Å². The van der Waals surface area contributed by atoms with E-state index in [1.165, 1.54) is 5.56 Å². The van der Waals surface area contributed by atoms with Crippen LogP contribution >= 0.6 is 12.2 Å². The molecule has 1 aliphatic heterocycles. The van der Waals surface area contributed by atoms with Crippen LogP contribution in [0.3, 0.4) is 0 Å². The second-order valence-corrected chi connectivity index (χ2v) is 5.84. The first-order chi connectivity index (χ1) is 9.88. The smallest absolute Gasteiger partial charge is 0.338 e. The van der Waals surface area contributed by atoms with E-state index in [1.807, 2.05) is 52.0 Å². The Kier molecular flexibility index (Phi) is 4.63. The molecule has 0 bridgehead atoms. The van der Waals surface area contributed by atoms with Crippen molar-refractivity contribution in [3.05, 3.63) is 46.7 Å². The number of hydrogen-bond acceptors (Lipinski definition) is 3. The van der Waals surface area contributed by atoms with Crippen LogP contribution in [0.15, 0.2) is 35.5 Å². The molecule has 4 nitrogen and oxygen atoms in total. The minimum Gasteiger partial charge on any atom is -0.459 e. The summed E-state index contributed by atoms with van der Waals surface area (Å²) in [4.78, 5) is 12.4. The van der Waals surface area contributed by atoms with Gasteiger partial charge in [0, 0.05) is 5.70 Å². The lowest BCUT2D eigenvalue weighted by atomic mass is 9.95. The summed E-state index contributed by atoms with van der Waals surface area (Å²) in [6.07, 6.45) is -0.162. The molecule has 1 aromatic rings. The molecule has 1 aliphatic rings. The number of esters is 1. The summed E-state index contributed by atoms with van der Waals surface area (Å²) in [7, 11) is 0.